The summed E-state index contributed by atoms with van der Waals surface area (Å²) >= 11 is 11.8. The molecule has 0 radical (unpaired) electrons. The number of halogens is 2. The lowest BCUT2D eigenvalue weighted by atomic mass is 9.97. The van der Waals surface area contributed by atoms with Gasteiger partial charge in [0, 0.05) is 12.6 Å². The average molecular weight is 342 g/mol. The zero-order chi connectivity index (χ0) is 15.9. The van der Waals surface area contributed by atoms with Crippen molar-refractivity contribution in [2.45, 2.75) is 45.1 Å². The predicted molar refractivity (Wildman–Crippen MR) is 90.7 cm³/mol. The Bertz CT molecular complexity index is 558. The van der Waals surface area contributed by atoms with Gasteiger partial charge in [-0.05, 0) is 51.2 Å². The van der Waals surface area contributed by atoms with Crippen LogP contribution in [-0.2, 0) is 4.79 Å². The van der Waals surface area contributed by atoms with Crippen molar-refractivity contribution in [3.05, 3.63) is 39.9 Å². The van der Waals surface area contributed by atoms with Gasteiger partial charge in [0.25, 0.3) is 5.91 Å². The molecule has 0 unspecified atom stereocenters. The molecule has 0 saturated heterocycles. The molecule has 1 atom stereocenters. The van der Waals surface area contributed by atoms with E-state index < -0.39 is 6.10 Å². The van der Waals surface area contributed by atoms with Crippen LogP contribution in [0.15, 0.2) is 29.8 Å². The number of amides is 1. The lowest BCUT2D eigenvalue weighted by molar-refractivity contribution is -0.127. The number of carbonyl (C=O) groups excluding carboxylic acids is 1. The smallest absolute Gasteiger partial charge is 0.260 e. The van der Waals surface area contributed by atoms with Crippen molar-refractivity contribution >= 4 is 29.1 Å². The molecule has 1 N–H and O–H groups in total. The van der Waals surface area contributed by atoms with Crippen LogP contribution in [-0.4, -0.2) is 18.6 Å². The fraction of sp³-hybridized carbons (Fsp3) is 0.471. The third kappa shape index (κ3) is 5.22. The van der Waals surface area contributed by atoms with Crippen LogP contribution in [0.5, 0.6) is 5.75 Å². The lowest BCUT2D eigenvalue weighted by Gasteiger charge is -2.16. The standard InChI is InChI=1S/C17H21Cl2NO2/c1-12(22-14-7-8-15(18)16(19)11-14)17(21)20-10-9-13-5-3-2-4-6-13/h5,7-8,11-12H,2-4,6,9-10H2,1H3,(H,20,21)/t12-/m1/s1. The van der Waals surface area contributed by atoms with E-state index in [1.54, 1.807) is 25.1 Å². The molecular formula is C17H21Cl2NO2. The van der Waals surface area contributed by atoms with Crippen LogP contribution in [0.1, 0.15) is 39.0 Å². The van der Waals surface area contributed by atoms with Crippen molar-refractivity contribution in [1.29, 1.82) is 0 Å². The Morgan fingerprint density at radius 3 is 2.82 bits per heavy atom. The number of hydrogen-bond acceptors (Lipinski definition) is 2. The van der Waals surface area contributed by atoms with E-state index in [-0.39, 0.29) is 5.91 Å². The Balaban J connectivity index is 1.76. The van der Waals surface area contributed by atoms with Gasteiger partial charge < -0.3 is 10.1 Å². The van der Waals surface area contributed by atoms with E-state index in [0.717, 1.165) is 12.8 Å². The van der Waals surface area contributed by atoms with E-state index in [2.05, 4.69) is 11.4 Å². The number of hydrogen-bond donors (Lipinski definition) is 1. The summed E-state index contributed by atoms with van der Waals surface area (Å²) in [5.74, 6) is 0.412. The second-order valence-corrected chi connectivity index (χ2v) is 6.30. The van der Waals surface area contributed by atoms with Crippen LogP contribution in [0.25, 0.3) is 0 Å². The highest BCUT2D eigenvalue weighted by Crippen LogP contribution is 2.26. The van der Waals surface area contributed by atoms with Crippen LogP contribution < -0.4 is 10.1 Å². The molecule has 0 aliphatic heterocycles. The minimum absolute atomic E-state index is 0.123. The second-order valence-electron chi connectivity index (χ2n) is 5.49. The molecule has 1 aromatic carbocycles. The normalized spacial score (nSPS) is 15.9. The Labute approximate surface area is 141 Å². The maximum Gasteiger partial charge on any atom is 0.260 e. The predicted octanol–water partition coefficient (Wildman–Crippen LogP) is 4.77. The quantitative estimate of drug-likeness (QED) is 0.757. The third-order valence-electron chi connectivity index (χ3n) is 3.70. The Kier molecular flexibility index (Phi) is 6.59. The van der Waals surface area contributed by atoms with Crippen LogP contribution in [0.4, 0.5) is 0 Å². The molecule has 1 aliphatic carbocycles. The summed E-state index contributed by atoms with van der Waals surface area (Å²) in [6, 6.07) is 4.96. The summed E-state index contributed by atoms with van der Waals surface area (Å²) in [5.41, 5.74) is 1.45. The van der Waals surface area contributed by atoms with Gasteiger partial charge in [-0.1, -0.05) is 34.9 Å². The van der Waals surface area contributed by atoms with Crippen molar-refractivity contribution in [1.82, 2.24) is 5.32 Å². The fourth-order valence-corrected chi connectivity index (χ4v) is 2.72. The van der Waals surface area contributed by atoms with Gasteiger partial charge >= 0.3 is 0 Å². The highest BCUT2D eigenvalue weighted by molar-refractivity contribution is 6.42. The van der Waals surface area contributed by atoms with Crippen molar-refractivity contribution in [3.8, 4) is 5.75 Å². The zero-order valence-corrected chi connectivity index (χ0v) is 14.2. The first-order valence-corrected chi connectivity index (χ1v) is 8.39. The molecule has 0 heterocycles. The molecule has 0 aromatic heterocycles. The minimum Gasteiger partial charge on any atom is -0.481 e. The SMILES string of the molecule is C[C@@H](Oc1ccc(Cl)c(Cl)c1)C(=O)NCCC1=CCCCC1. The summed E-state index contributed by atoms with van der Waals surface area (Å²) in [7, 11) is 0. The molecule has 0 fully saturated rings. The molecule has 1 aromatic rings. The van der Waals surface area contributed by atoms with Crippen molar-refractivity contribution in [2.75, 3.05) is 6.54 Å². The van der Waals surface area contributed by atoms with Crippen LogP contribution >= 0.6 is 23.2 Å². The zero-order valence-electron chi connectivity index (χ0n) is 12.7. The maximum absolute atomic E-state index is 12.0. The van der Waals surface area contributed by atoms with Crippen LogP contribution in [0.2, 0.25) is 10.0 Å². The molecule has 0 saturated carbocycles. The lowest BCUT2D eigenvalue weighted by Crippen LogP contribution is -2.36. The molecule has 1 aliphatic rings. The molecule has 22 heavy (non-hydrogen) atoms. The first kappa shape index (κ1) is 17.2. The van der Waals surface area contributed by atoms with Crippen molar-refractivity contribution in [3.63, 3.8) is 0 Å². The minimum atomic E-state index is -0.572. The van der Waals surface area contributed by atoms with Gasteiger partial charge in [-0.2, -0.15) is 0 Å². The molecule has 120 valence electrons. The number of carbonyl (C=O) groups is 1. The monoisotopic (exact) mass is 341 g/mol. The Morgan fingerprint density at radius 1 is 1.32 bits per heavy atom. The summed E-state index contributed by atoms with van der Waals surface area (Å²) in [6.07, 6.45) is 7.51. The second kappa shape index (κ2) is 8.44. The molecule has 0 bridgehead atoms. The number of allylic oxidation sites excluding steroid dienone is 1. The van der Waals surface area contributed by atoms with Gasteiger partial charge in [0.1, 0.15) is 5.75 Å². The van der Waals surface area contributed by atoms with Gasteiger partial charge in [-0.15, -0.1) is 0 Å². The summed E-state index contributed by atoms with van der Waals surface area (Å²) < 4.78 is 5.58. The van der Waals surface area contributed by atoms with E-state index in [1.165, 1.54) is 24.8 Å². The van der Waals surface area contributed by atoms with Crippen molar-refractivity contribution in [2.24, 2.45) is 0 Å². The fourth-order valence-electron chi connectivity index (χ4n) is 2.43. The Hall–Kier alpha value is -1.19. The molecule has 1 amide bonds. The number of benzene rings is 1. The number of ether oxygens (including phenoxy) is 1. The maximum atomic E-state index is 12.0. The average Bonchev–Trinajstić information content (AvgIpc) is 2.52. The summed E-state index contributed by atoms with van der Waals surface area (Å²) in [4.78, 5) is 12.0. The van der Waals surface area contributed by atoms with Crippen molar-refractivity contribution < 1.29 is 9.53 Å². The highest BCUT2D eigenvalue weighted by atomic mass is 35.5. The molecular weight excluding hydrogens is 321 g/mol. The third-order valence-corrected chi connectivity index (χ3v) is 4.44. The summed E-state index contributed by atoms with van der Waals surface area (Å²) in [6.45, 7) is 2.37. The number of rotatable bonds is 6. The molecule has 3 nitrogen and oxygen atoms in total. The van der Waals surface area contributed by atoms with Gasteiger partial charge in [0.2, 0.25) is 0 Å². The van der Waals surface area contributed by atoms with Crippen LogP contribution in [0.3, 0.4) is 0 Å². The van der Waals surface area contributed by atoms with Gasteiger partial charge in [0.05, 0.1) is 10.0 Å². The van der Waals surface area contributed by atoms with E-state index in [9.17, 15) is 4.79 Å². The first-order valence-electron chi connectivity index (χ1n) is 7.63. The highest BCUT2D eigenvalue weighted by Gasteiger charge is 2.15. The molecule has 0 spiro atoms. The molecule has 5 heteroatoms. The van der Waals surface area contributed by atoms with E-state index in [0.29, 0.717) is 22.3 Å². The first-order chi connectivity index (χ1) is 10.6. The van der Waals surface area contributed by atoms with E-state index in [4.69, 9.17) is 27.9 Å². The van der Waals surface area contributed by atoms with Crippen LogP contribution in [0, 0.1) is 0 Å². The molecule has 2 rings (SSSR count). The Morgan fingerprint density at radius 2 is 2.14 bits per heavy atom. The van der Waals surface area contributed by atoms with Gasteiger partial charge in [-0.3, -0.25) is 4.79 Å². The van der Waals surface area contributed by atoms with Gasteiger partial charge in [0.15, 0.2) is 6.10 Å². The summed E-state index contributed by atoms with van der Waals surface area (Å²) in [5, 5.41) is 3.79. The van der Waals surface area contributed by atoms with E-state index in [1.807, 2.05) is 0 Å². The largest absolute Gasteiger partial charge is 0.481 e. The number of nitrogens with one attached hydrogen (secondary N) is 1. The van der Waals surface area contributed by atoms with Gasteiger partial charge in [-0.25, -0.2) is 0 Å². The topological polar surface area (TPSA) is 38.3 Å². The van der Waals surface area contributed by atoms with E-state index >= 15 is 0 Å².